The number of pyridine rings is 1. The average molecular weight is 446 g/mol. The molecule has 0 aliphatic heterocycles. The van der Waals surface area contributed by atoms with Crippen molar-refractivity contribution in [2.24, 2.45) is 0 Å². The van der Waals surface area contributed by atoms with E-state index in [0.29, 0.717) is 27.5 Å². The number of halogens is 1. The fourth-order valence-corrected chi connectivity index (χ4v) is 4.03. The number of nitrogens with zero attached hydrogens (tertiary/aromatic N) is 1. The molecule has 0 radical (unpaired) electrons. The van der Waals surface area contributed by atoms with Crippen molar-refractivity contribution in [3.8, 4) is 5.75 Å². The molecule has 0 atom stereocenters. The number of nitrogens with one attached hydrogen (secondary N) is 2. The van der Waals surface area contributed by atoms with Crippen LogP contribution < -0.4 is 14.8 Å². The number of ether oxygens (including phenoxy) is 1. The van der Waals surface area contributed by atoms with E-state index in [-0.39, 0.29) is 24.8 Å². The Balaban J connectivity index is 1.58. The van der Waals surface area contributed by atoms with Crippen LogP contribution in [0.25, 0.3) is 10.9 Å². The first-order valence-corrected chi connectivity index (χ1v) is 11.0. The lowest BCUT2D eigenvalue weighted by Crippen LogP contribution is -2.25. The maximum atomic E-state index is 12.2. The van der Waals surface area contributed by atoms with Gasteiger partial charge in [-0.15, -0.1) is 6.58 Å². The molecule has 30 heavy (non-hydrogen) atoms. The highest BCUT2D eigenvalue weighted by Crippen LogP contribution is 2.29. The van der Waals surface area contributed by atoms with Gasteiger partial charge in [-0.1, -0.05) is 29.8 Å². The van der Waals surface area contributed by atoms with Crippen LogP contribution in [-0.2, 0) is 20.6 Å². The molecule has 1 amide bonds. The number of hydrogen-bond acceptors (Lipinski definition) is 5. The van der Waals surface area contributed by atoms with Crippen LogP contribution >= 0.6 is 11.6 Å². The topological polar surface area (TPSA) is 97.4 Å². The molecule has 0 unspecified atom stereocenters. The monoisotopic (exact) mass is 445 g/mol. The predicted octanol–water partition coefficient (Wildman–Crippen LogP) is 3.51. The highest BCUT2D eigenvalue weighted by Gasteiger charge is 2.12. The van der Waals surface area contributed by atoms with Crippen molar-refractivity contribution in [1.29, 1.82) is 0 Å². The fourth-order valence-electron chi connectivity index (χ4n) is 2.71. The van der Waals surface area contributed by atoms with E-state index >= 15 is 0 Å². The number of amides is 1. The van der Waals surface area contributed by atoms with Crippen molar-refractivity contribution in [3.63, 3.8) is 0 Å². The van der Waals surface area contributed by atoms with Gasteiger partial charge in [-0.25, -0.2) is 13.1 Å². The van der Waals surface area contributed by atoms with Crippen molar-refractivity contribution < 1.29 is 17.9 Å². The summed E-state index contributed by atoms with van der Waals surface area (Å²) >= 11 is 6.16. The third-order valence-corrected chi connectivity index (χ3v) is 5.73. The van der Waals surface area contributed by atoms with E-state index in [1.807, 2.05) is 6.07 Å². The summed E-state index contributed by atoms with van der Waals surface area (Å²) in [5.74, 6) is -0.0609. The van der Waals surface area contributed by atoms with Crippen LogP contribution in [0.1, 0.15) is 5.56 Å². The minimum Gasteiger partial charge on any atom is -0.481 e. The number of anilines is 1. The van der Waals surface area contributed by atoms with Gasteiger partial charge in [-0.05, 0) is 42.0 Å². The molecular formula is C21H20ClN3O4S. The van der Waals surface area contributed by atoms with E-state index in [9.17, 15) is 13.2 Å². The van der Waals surface area contributed by atoms with E-state index in [1.54, 1.807) is 48.7 Å². The molecule has 0 bridgehead atoms. The SMILES string of the molecule is C=CCNS(=O)(=O)Cc1ccc(NC(=O)COc2ccc(Cl)c3cccnc23)cc1. The van der Waals surface area contributed by atoms with E-state index in [1.165, 1.54) is 6.08 Å². The van der Waals surface area contributed by atoms with Crippen molar-refractivity contribution >= 4 is 44.1 Å². The molecule has 0 fully saturated rings. The second-order valence-corrected chi connectivity index (χ2v) is 8.59. The van der Waals surface area contributed by atoms with Crippen LogP contribution in [0.5, 0.6) is 5.75 Å². The second-order valence-electron chi connectivity index (χ2n) is 6.38. The Morgan fingerprint density at radius 3 is 2.67 bits per heavy atom. The highest BCUT2D eigenvalue weighted by atomic mass is 35.5. The maximum absolute atomic E-state index is 12.2. The van der Waals surface area contributed by atoms with Crippen LogP contribution in [0.15, 0.2) is 67.4 Å². The number of rotatable bonds is 9. The summed E-state index contributed by atoms with van der Waals surface area (Å²) in [6.07, 6.45) is 3.10. The Labute approximate surface area is 179 Å². The molecule has 0 spiro atoms. The van der Waals surface area contributed by atoms with Gasteiger partial charge in [0, 0.05) is 23.8 Å². The van der Waals surface area contributed by atoms with Gasteiger partial charge in [0.05, 0.1) is 10.8 Å². The lowest BCUT2D eigenvalue weighted by molar-refractivity contribution is -0.118. The van der Waals surface area contributed by atoms with Gasteiger partial charge in [0.1, 0.15) is 11.3 Å². The van der Waals surface area contributed by atoms with Crippen molar-refractivity contribution in [2.45, 2.75) is 5.75 Å². The minimum atomic E-state index is -3.44. The number of fused-ring (bicyclic) bond motifs is 1. The maximum Gasteiger partial charge on any atom is 0.262 e. The lowest BCUT2D eigenvalue weighted by Gasteiger charge is -2.10. The Bertz CT molecular complexity index is 1160. The molecule has 1 aromatic heterocycles. The molecule has 3 aromatic rings. The average Bonchev–Trinajstić information content (AvgIpc) is 2.73. The van der Waals surface area contributed by atoms with E-state index in [4.69, 9.17) is 16.3 Å². The highest BCUT2D eigenvalue weighted by molar-refractivity contribution is 7.88. The van der Waals surface area contributed by atoms with Gasteiger partial charge in [0.2, 0.25) is 10.0 Å². The van der Waals surface area contributed by atoms with Crippen molar-refractivity contribution in [1.82, 2.24) is 9.71 Å². The fraction of sp³-hybridized carbons (Fsp3) is 0.143. The first-order chi connectivity index (χ1) is 14.4. The van der Waals surface area contributed by atoms with Crippen LogP contribution in [0.2, 0.25) is 5.02 Å². The molecule has 1 heterocycles. The molecule has 7 nitrogen and oxygen atoms in total. The molecule has 3 rings (SSSR count). The molecule has 0 saturated carbocycles. The first-order valence-electron chi connectivity index (χ1n) is 9.01. The van der Waals surface area contributed by atoms with Gasteiger partial charge in [0.25, 0.3) is 5.91 Å². The molecular weight excluding hydrogens is 426 g/mol. The lowest BCUT2D eigenvalue weighted by atomic mass is 10.2. The molecule has 0 aliphatic rings. The zero-order valence-electron chi connectivity index (χ0n) is 16.0. The van der Waals surface area contributed by atoms with Crippen LogP contribution in [-0.4, -0.2) is 32.5 Å². The zero-order chi connectivity index (χ0) is 21.6. The summed E-state index contributed by atoms with van der Waals surface area (Å²) in [6, 6.07) is 13.5. The first kappa shape index (κ1) is 21.8. The summed E-state index contributed by atoms with van der Waals surface area (Å²) in [5, 5.41) is 4.00. The standard InChI is InChI=1S/C21H20ClN3O4S/c1-2-11-24-30(27,28)14-15-5-7-16(8-6-15)25-20(26)13-29-19-10-9-18(22)17-4-3-12-23-21(17)19/h2-10,12,24H,1,11,13-14H2,(H,25,26). The third-order valence-electron chi connectivity index (χ3n) is 4.08. The molecule has 156 valence electrons. The largest absolute Gasteiger partial charge is 0.481 e. The van der Waals surface area contributed by atoms with Crippen LogP contribution in [0.4, 0.5) is 5.69 Å². The smallest absolute Gasteiger partial charge is 0.262 e. The summed E-state index contributed by atoms with van der Waals surface area (Å²) in [4.78, 5) is 16.5. The zero-order valence-corrected chi connectivity index (χ0v) is 17.5. The second kappa shape index (κ2) is 9.71. The minimum absolute atomic E-state index is 0.158. The molecule has 0 aliphatic carbocycles. The van der Waals surface area contributed by atoms with Gasteiger partial charge in [-0.3, -0.25) is 9.78 Å². The van der Waals surface area contributed by atoms with Crippen molar-refractivity contribution in [2.75, 3.05) is 18.5 Å². The quantitative estimate of drug-likeness (QED) is 0.491. The van der Waals surface area contributed by atoms with E-state index in [2.05, 4.69) is 21.6 Å². The van der Waals surface area contributed by atoms with E-state index < -0.39 is 10.0 Å². The molecule has 0 saturated heterocycles. The normalized spacial score (nSPS) is 11.2. The Hall–Kier alpha value is -2.94. The summed E-state index contributed by atoms with van der Waals surface area (Å²) in [6.45, 7) is 3.44. The number of carbonyl (C=O) groups is 1. The Kier molecular flexibility index (Phi) is 7.04. The number of sulfonamides is 1. The Morgan fingerprint density at radius 1 is 1.17 bits per heavy atom. The van der Waals surface area contributed by atoms with Gasteiger partial charge >= 0.3 is 0 Å². The third kappa shape index (κ3) is 5.79. The van der Waals surface area contributed by atoms with Crippen LogP contribution in [0, 0.1) is 0 Å². The number of benzene rings is 2. The molecule has 2 N–H and O–H groups in total. The summed E-state index contributed by atoms with van der Waals surface area (Å²) in [5.41, 5.74) is 1.70. The summed E-state index contributed by atoms with van der Waals surface area (Å²) < 4.78 is 31.8. The summed E-state index contributed by atoms with van der Waals surface area (Å²) in [7, 11) is -3.44. The molecule has 2 aromatic carbocycles. The number of hydrogen-bond donors (Lipinski definition) is 2. The Morgan fingerprint density at radius 2 is 1.93 bits per heavy atom. The van der Waals surface area contributed by atoms with Gasteiger partial charge < -0.3 is 10.1 Å². The molecule has 9 heteroatoms. The van der Waals surface area contributed by atoms with E-state index in [0.717, 1.165) is 5.39 Å². The van der Waals surface area contributed by atoms with Crippen molar-refractivity contribution in [3.05, 3.63) is 78.0 Å². The number of carbonyl (C=O) groups excluding carboxylic acids is 1. The van der Waals surface area contributed by atoms with Gasteiger partial charge in [-0.2, -0.15) is 0 Å². The van der Waals surface area contributed by atoms with Crippen LogP contribution in [0.3, 0.4) is 0 Å². The number of aromatic nitrogens is 1. The predicted molar refractivity (Wildman–Crippen MR) is 118 cm³/mol. The van der Waals surface area contributed by atoms with Gasteiger partial charge in [0.15, 0.2) is 6.61 Å².